The Balaban J connectivity index is 1.80. The number of carboxylic acid groups (broad SMARTS) is 1. The Bertz CT molecular complexity index is 545. The van der Waals surface area contributed by atoms with Crippen LogP contribution in [0.3, 0.4) is 0 Å². The standard InChI is InChI=1S/C14H17FN2O3/c15-9-6-12(10(16)5-8(9)14(18)19)17-11-3-4-20-13(11)7-1-2-7/h5-7,11,13,17H,1-4,16H2,(H,18,19). The maximum atomic E-state index is 13.7. The molecule has 20 heavy (non-hydrogen) atoms. The lowest BCUT2D eigenvalue weighted by atomic mass is 10.0. The number of nitrogens with one attached hydrogen (secondary N) is 1. The van der Waals surface area contributed by atoms with Crippen LogP contribution >= 0.6 is 0 Å². The summed E-state index contributed by atoms with van der Waals surface area (Å²) in [7, 11) is 0. The molecule has 1 heterocycles. The summed E-state index contributed by atoms with van der Waals surface area (Å²) in [4.78, 5) is 10.8. The predicted molar refractivity (Wildman–Crippen MR) is 72.3 cm³/mol. The number of carbonyl (C=O) groups is 1. The van der Waals surface area contributed by atoms with Crippen molar-refractivity contribution < 1.29 is 19.0 Å². The number of nitrogen functional groups attached to an aromatic ring is 1. The van der Waals surface area contributed by atoms with Crippen LogP contribution in [-0.2, 0) is 4.74 Å². The lowest BCUT2D eigenvalue weighted by Gasteiger charge is -2.21. The van der Waals surface area contributed by atoms with Gasteiger partial charge in [-0.1, -0.05) is 0 Å². The van der Waals surface area contributed by atoms with Crippen molar-refractivity contribution in [3.8, 4) is 0 Å². The topological polar surface area (TPSA) is 84.6 Å². The molecule has 0 spiro atoms. The Kier molecular flexibility index (Phi) is 3.25. The Morgan fingerprint density at radius 2 is 2.15 bits per heavy atom. The summed E-state index contributed by atoms with van der Waals surface area (Å²) >= 11 is 0. The number of ether oxygens (including phenoxy) is 1. The Hall–Kier alpha value is -1.82. The second kappa shape index (κ2) is 4.94. The third-order valence-corrected chi connectivity index (χ3v) is 3.93. The van der Waals surface area contributed by atoms with Gasteiger partial charge in [-0.15, -0.1) is 0 Å². The molecule has 2 atom stereocenters. The van der Waals surface area contributed by atoms with Gasteiger partial charge in [-0.25, -0.2) is 9.18 Å². The van der Waals surface area contributed by atoms with E-state index in [1.165, 1.54) is 12.8 Å². The van der Waals surface area contributed by atoms with E-state index >= 15 is 0 Å². The SMILES string of the molecule is Nc1cc(C(=O)O)c(F)cc1NC1CCOC1C1CC1. The van der Waals surface area contributed by atoms with E-state index in [4.69, 9.17) is 15.6 Å². The first-order valence-corrected chi connectivity index (χ1v) is 6.76. The molecule has 0 radical (unpaired) electrons. The lowest BCUT2D eigenvalue weighted by molar-refractivity contribution is 0.0692. The van der Waals surface area contributed by atoms with E-state index in [2.05, 4.69) is 5.32 Å². The van der Waals surface area contributed by atoms with Gasteiger partial charge in [0, 0.05) is 6.61 Å². The number of hydrogen-bond donors (Lipinski definition) is 3. The maximum Gasteiger partial charge on any atom is 0.338 e. The van der Waals surface area contributed by atoms with Crippen molar-refractivity contribution in [2.24, 2.45) is 5.92 Å². The molecule has 0 amide bonds. The first-order valence-electron chi connectivity index (χ1n) is 6.76. The molecule has 4 N–H and O–H groups in total. The quantitative estimate of drug-likeness (QED) is 0.735. The van der Waals surface area contributed by atoms with Gasteiger partial charge in [0.05, 0.1) is 29.1 Å². The zero-order chi connectivity index (χ0) is 14.3. The molecule has 6 heteroatoms. The molecule has 0 bridgehead atoms. The van der Waals surface area contributed by atoms with E-state index in [0.717, 1.165) is 18.6 Å². The number of anilines is 2. The largest absolute Gasteiger partial charge is 0.478 e. The van der Waals surface area contributed by atoms with E-state index in [-0.39, 0.29) is 17.8 Å². The highest BCUT2D eigenvalue weighted by Crippen LogP contribution is 2.40. The normalized spacial score (nSPS) is 25.6. The summed E-state index contributed by atoms with van der Waals surface area (Å²) in [6.07, 6.45) is 3.34. The minimum absolute atomic E-state index is 0.111. The van der Waals surface area contributed by atoms with E-state index in [0.29, 0.717) is 18.2 Å². The molecule has 1 aromatic rings. The fourth-order valence-electron chi connectivity index (χ4n) is 2.73. The monoisotopic (exact) mass is 280 g/mol. The highest BCUT2D eigenvalue weighted by Gasteiger charge is 2.40. The molecule has 2 unspecified atom stereocenters. The van der Waals surface area contributed by atoms with Gasteiger partial charge in [-0.05, 0) is 37.3 Å². The molecular weight excluding hydrogens is 263 g/mol. The van der Waals surface area contributed by atoms with Crippen LogP contribution in [0.15, 0.2) is 12.1 Å². The summed E-state index contributed by atoms with van der Waals surface area (Å²) in [6.45, 7) is 0.689. The van der Waals surface area contributed by atoms with E-state index < -0.39 is 17.3 Å². The molecule has 3 rings (SSSR count). The second-order valence-corrected chi connectivity index (χ2v) is 5.44. The smallest absolute Gasteiger partial charge is 0.338 e. The first kappa shape index (κ1) is 13.2. The lowest BCUT2D eigenvalue weighted by Crippen LogP contribution is -2.31. The van der Waals surface area contributed by atoms with Crippen molar-refractivity contribution in [3.63, 3.8) is 0 Å². The van der Waals surface area contributed by atoms with Gasteiger partial charge in [0.25, 0.3) is 0 Å². The second-order valence-electron chi connectivity index (χ2n) is 5.44. The Morgan fingerprint density at radius 1 is 1.40 bits per heavy atom. The molecule has 108 valence electrons. The van der Waals surface area contributed by atoms with Crippen LogP contribution in [0.4, 0.5) is 15.8 Å². The average Bonchev–Trinajstić information content (AvgIpc) is 3.14. The van der Waals surface area contributed by atoms with Crippen molar-refractivity contribution in [2.45, 2.75) is 31.4 Å². The summed E-state index contributed by atoms with van der Waals surface area (Å²) in [6, 6.07) is 2.42. The minimum atomic E-state index is -1.32. The van der Waals surface area contributed by atoms with Gasteiger partial charge in [-0.2, -0.15) is 0 Å². The molecule has 1 aliphatic carbocycles. The van der Waals surface area contributed by atoms with Crippen molar-refractivity contribution in [3.05, 3.63) is 23.5 Å². The molecule has 0 aromatic heterocycles. The van der Waals surface area contributed by atoms with Gasteiger partial charge in [0.2, 0.25) is 0 Å². The van der Waals surface area contributed by atoms with Crippen molar-refractivity contribution >= 4 is 17.3 Å². The third kappa shape index (κ3) is 2.43. The van der Waals surface area contributed by atoms with Crippen molar-refractivity contribution in [1.29, 1.82) is 0 Å². The number of nitrogens with two attached hydrogens (primary N) is 1. The molecule has 2 aliphatic rings. The van der Waals surface area contributed by atoms with Crippen LogP contribution in [0, 0.1) is 11.7 Å². The Labute approximate surface area is 115 Å². The van der Waals surface area contributed by atoms with Gasteiger partial charge < -0.3 is 20.9 Å². The maximum absolute atomic E-state index is 13.7. The zero-order valence-corrected chi connectivity index (χ0v) is 10.9. The van der Waals surface area contributed by atoms with Gasteiger partial charge in [0.15, 0.2) is 0 Å². The molecule has 5 nitrogen and oxygen atoms in total. The highest BCUT2D eigenvalue weighted by atomic mass is 19.1. The molecule has 1 saturated carbocycles. The summed E-state index contributed by atoms with van der Waals surface area (Å²) in [5.74, 6) is -1.52. The molecule has 1 saturated heterocycles. The van der Waals surface area contributed by atoms with Crippen LogP contribution in [0.5, 0.6) is 0 Å². The molecular formula is C14H17FN2O3. The van der Waals surface area contributed by atoms with E-state index in [9.17, 15) is 9.18 Å². The van der Waals surface area contributed by atoms with Crippen LogP contribution in [0.1, 0.15) is 29.6 Å². The minimum Gasteiger partial charge on any atom is -0.478 e. The summed E-state index contributed by atoms with van der Waals surface area (Å²) in [5, 5.41) is 12.1. The summed E-state index contributed by atoms with van der Waals surface area (Å²) in [5.41, 5.74) is 6.08. The first-order chi connectivity index (χ1) is 9.56. The van der Waals surface area contributed by atoms with E-state index in [1.807, 2.05) is 0 Å². The van der Waals surface area contributed by atoms with Crippen LogP contribution in [0.25, 0.3) is 0 Å². The highest BCUT2D eigenvalue weighted by molar-refractivity contribution is 5.90. The van der Waals surface area contributed by atoms with Crippen molar-refractivity contribution in [1.82, 2.24) is 0 Å². The van der Waals surface area contributed by atoms with E-state index in [1.54, 1.807) is 0 Å². The van der Waals surface area contributed by atoms with Gasteiger partial charge >= 0.3 is 5.97 Å². The average molecular weight is 280 g/mol. The fourth-order valence-corrected chi connectivity index (χ4v) is 2.73. The number of hydrogen-bond acceptors (Lipinski definition) is 4. The summed E-state index contributed by atoms with van der Waals surface area (Å²) < 4.78 is 19.4. The molecule has 2 fully saturated rings. The number of halogens is 1. The van der Waals surface area contributed by atoms with Crippen LogP contribution in [-0.4, -0.2) is 29.8 Å². The van der Waals surface area contributed by atoms with Crippen LogP contribution < -0.4 is 11.1 Å². The zero-order valence-electron chi connectivity index (χ0n) is 10.9. The predicted octanol–water partition coefficient (Wildman–Crippen LogP) is 2.09. The van der Waals surface area contributed by atoms with Crippen molar-refractivity contribution in [2.75, 3.05) is 17.7 Å². The third-order valence-electron chi connectivity index (χ3n) is 3.93. The molecule has 1 aromatic carbocycles. The van der Waals surface area contributed by atoms with Crippen LogP contribution in [0.2, 0.25) is 0 Å². The van der Waals surface area contributed by atoms with Gasteiger partial charge in [0.1, 0.15) is 5.82 Å². The number of carboxylic acids is 1. The number of benzene rings is 1. The number of rotatable bonds is 4. The van der Waals surface area contributed by atoms with Gasteiger partial charge in [-0.3, -0.25) is 0 Å². The number of aromatic carboxylic acids is 1. The molecule has 1 aliphatic heterocycles. The Morgan fingerprint density at radius 3 is 2.80 bits per heavy atom. The fraction of sp³-hybridized carbons (Fsp3) is 0.500.